The van der Waals surface area contributed by atoms with Gasteiger partial charge in [0.2, 0.25) is 0 Å². The lowest BCUT2D eigenvalue weighted by Crippen LogP contribution is -2.05. The van der Waals surface area contributed by atoms with Gasteiger partial charge in [-0.15, -0.1) is 0 Å². The van der Waals surface area contributed by atoms with Gasteiger partial charge in [0, 0.05) is 16.8 Å². The van der Waals surface area contributed by atoms with E-state index in [4.69, 9.17) is 8.83 Å². The second-order valence-corrected chi connectivity index (χ2v) is 6.45. The van der Waals surface area contributed by atoms with Crippen molar-refractivity contribution in [3.63, 3.8) is 0 Å². The molecular formula is C20H10N2O5. The third-order valence-corrected chi connectivity index (χ3v) is 4.90. The molecule has 6 rings (SSSR count). The van der Waals surface area contributed by atoms with Crippen LogP contribution >= 0.6 is 0 Å². The molecule has 3 aromatic carbocycles. The molecule has 0 aliphatic carbocycles. The van der Waals surface area contributed by atoms with E-state index in [2.05, 4.69) is 9.97 Å². The Hall–Kier alpha value is -4.00. The fourth-order valence-electron chi connectivity index (χ4n) is 3.79. The number of H-pyrrole nitrogens is 2. The molecule has 0 spiro atoms. The van der Waals surface area contributed by atoms with Crippen molar-refractivity contribution in [2.24, 2.45) is 0 Å². The number of aromatic hydroxyl groups is 1. The average molecular weight is 358 g/mol. The monoisotopic (exact) mass is 358 g/mol. The van der Waals surface area contributed by atoms with Gasteiger partial charge in [-0.2, -0.15) is 0 Å². The number of para-hydroxylation sites is 2. The lowest BCUT2D eigenvalue weighted by molar-refractivity contribution is 0.476. The van der Waals surface area contributed by atoms with Crippen LogP contribution in [-0.2, 0) is 0 Å². The maximum absolute atomic E-state index is 12.5. The van der Waals surface area contributed by atoms with Crippen molar-refractivity contribution < 1.29 is 13.9 Å². The third-order valence-electron chi connectivity index (χ3n) is 4.90. The van der Waals surface area contributed by atoms with Crippen LogP contribution in [-0.4, -0.2) is 15.1 Å². The molecule has 0 amide bonds. The summed E-state index contributed by atoms with van der Waals surface area (Å²) < 4.78 is 12.0. The highest BCUT2D eigenvalue weighted by molar-refractivity contribution is 6.29. The Bertz CT molecular complexity index is 1680. The van der Waals surface area contributed by atoms with Crippen molar-refractivity contribution >= 4 is 54.9 Å². The number of phenols is 1. The first-order chi connectivity index (χ1) is 13.1. The van der Waals surface area contributed by atoms with Crippen LogP contribution in [0.15, 0.2) is 60.9 Å². The zero-order valence-electron chi connectivity index (χ0n) is 13.6. The molecular weight excluding hydrogens is 348 g/mol. The summed E-state index contributed by atoms with van der Waals surface area (Å²) in [5.74, 6) is 0.0858. The largest absolute Gasteiger partial charge is 0.508 e. The maximum atomic E-state index is 12.5. The Labute approximate surface area is 148 Å². The summed E-state index contributed by atoms with van der Waals surface area (Å²) in [5.41, 5.74) is 1.66. The number of aromatic amines is 2. The van der Waals surface area contributed by atoms with Gasteiger partial charge in [-0.3, -0.25) is 14.6 Å². The fourth-order valence-corrected chi connectivity index (χ4v) is 3.79. The second kappa shape index (κ2) is 4.59. The molecule has 0 atom stereocenters. The van der Waals surface area contributed by atoms with Crippen LogP contribution in [0.4, 0.5) is 0 Å². The predicted molar refractivity (Wildman–Crippen MR) is 101 cm³/mol. The van der Waals surface area contributed by atoms with E-state index in [9.17, 15) is 14.7 Å². The van der Waals surface area contributed by atoms with E-state index in [1.165, 1.54) is 6.07 Å². The molecule has 130 valence electrons. The molecule has 3 aromatic heterocycles. The van der Waals surface area contributed by atoms with Crippen LogP contribution in [0.5, 0.6) is 5.75 Å². The number of aromatic nitrogens is 2. The Balaban J connectivity index is 2.05. The smallest absolute Gasteiger partial charge is 0.262 e. The van der Waals surface area contributed by atoms with Crippen molar-refractivity contribution in [1.82, 2.24) is 9.97 Å². The summed E-state index contributed by atoms with van der Waals surface area (Å²) >= 11 is 0. The normalized spacial score (nSPS) is 12.1. The zero-order chi connectivity index (χ0) is 18.3. The molecule has 0 aliphatic heterocycles. The molecule has 0 radical (unpaired) electrons. The molecule has 0 saturated carbocycles. The highest BCUT2D eigenvalue weighted by atomic mass is 16.4. The lowest BCUT2D eigenvalue weighted by Gasteiger charge is -2.04. The zero-order valence-corrected chi connectivity index (χ0v) is 13.6. The number of phenolic OH excluding ortho intramolecular Hbond substituents is 1. The van der Waals surface area contributed by atoms with Crippen molar-refractivity contribution in [2.45, 2.75) is 0 Å². The molecule has 7 nitrogen and oxygen atoms in total. The molecule has 0 bridgehead atoms. The Morgan fingerprint density at radius 3 is 2.26 bits per heavy atom. The van der Waals surface area contributed by atoms with Crippen molar-refractivity contribution in [2.75, 3.05) is 0 Å². The first kappa shape index (κ1) is 14.2. The SMILES string of the molecule is O=c1[nH]c(=O)c2c1c1oc3ccccc3oc1c1[nH]c3cc(O)ccc3c12. The van der Waals surface area contributed by atoms with Gasteiger partial charge in [0.15, 0.2) is 22.3 Å². The van der Waals surface area contributed by atoms with Gasteiger partial charge in [0.05, 0.1) is 21.8 Å². The average Bonchev–Trinajstić information content (AvgIpc) is 3.17. The number of benzene rings is 3. The number of hydrogen-bond donors (Lipinski definition) is 3. The van der Waals surface area contributed by atoms with E-state index >= 15 is 0 Å². The molecule has 3 heterocycles. The Kier molecular flexibility index (Phi) is 2.41. The molecule has 0 fully saturated rings. The van der Waals surface area contributed by atoms with Gasteiger partial charge in [-0.25, -0.2) is 0 Å². The highest BCUT2D eigenvalue weighted by Gasteiger charge is 2.23. The van der Waals surface area contributed by atoms with Crippen LogP contribution < -0.4 is 11.1 Å². The number of rotatable bonds is 0. The molecule has 0 unspecified atom stereocenters. The highest BCUT2D eigenvalue weighted by Crippen LogP contribution is 2.38. The Morgan fingerprint density at radius 2 is 1.48 bits per heavy atom. The van der Waals surface area contributed by atoms with Gasteiger partial charge in [-0.1, -0.05) is 12.1 Å². The van der Waals surface area contributed by atoms with E-state index in [1.54, 1.807) is 30.3 Å². The third kappa shape index (κ3) is 1.70. The quantitative estimate of drug-likeness (QED) is 0.358. The van der Waals surface area contributed by atoms with Crippen LogP contribution in [0.2, 0.25) is 0 Å². The molecule has 0 aliphatic rings. The van der Waals surface area contributed by atoms with E-state index in [1.807, 2.05) is 6.07 Å². The molecule has 7 heteroatoms. The number of nitrogens with one attached hydrogen (secondary N) is 2. The van der Waals surface area contributed by atoms with Gasteiger partial charge < -0.3 is 18.9 Å². The molecule has 27 heavy (non-hydrogen) atoms. The minimum atomic E-state index is -0.524. The van der Waals surface area contributed by atoms with E-state index in [0.717, 1.165) is 0 Å². The number of hydrogen-bond acceptors (Lipinski definition) is 5. The second-order valence-electron chi connectivity index (χ2n) is 6.45. The molecule has 3 N–H and O–H groups in total. The summed E-state index contributed by atoms with van der Waals surface area (Å²) in [6.07, 6.45) is 0. The van der Waals surface area contributed by atoms with Crippen molar-refractivity contribution in [1.29, 1.82) is 0 Å². The molecule has 0 saturated heterocycles. The summed E-state index contributed by atoms with van der Waals surface area (Å²) in [4.78, 5) is 30.6. The fraction of sp³-hybridized carbons (Fsp3) is 0. The summed E-state index contributed by atoms with van der Waals surface area (Å²) in [7, 11) is 0. The van der Waals surface area contributed by atoms with Gasteiger partial charge >= 0.3 is 0 Å². The predicted octanol–water partition coefficient (Wildman–Crippen LogP) is 3.72. The topological polar surface area (TPSA) is 112 Å². The molecule has 6 aromatic rings. The van der Waals surface area contributed by atoms with Crippen molar-refractivity contribution in [3.8, 4) is 5.75 Å². The van der Waals surface area contributed by atoms with Crippen LogP contribution in [0.25, 0.3) is 54.9 Å². The summed E-state index contributed by atoms with van der Waals surface area (Å²) in [6, 6.07) is 11.9. The van der Waals surface area contributed by atoms with Crippen LogP contribution in [0, 0.1) is 0 Å². The summed E-state index contributed by atoms with van der Waals surface area (Å²) in [5, 5.41) is 11.5. The minimum absolute atomic E-state index is 0.0858. The van der Waals surface area contributed by atoms with Crippen molar-refractivity contribution in [3.05, 3.63) is 63.2 Å². The number of fused-ring (bicyclic) bond motifs is 9. The van der Waals surface area contributed by atoms with E-state index in [0.29, 0.717) is 38.6 Å². The first-order valence-corrected chi connectivity index (χ1v) is 8.26. The van der Waals surface area contributed by atoms with Crippen LogP contribution in [0.1, 0.15) is 0 Å². The van der Waals surface area contributed by atoms with Gasteiger partial charge in [0.1, 0.15) is 5.75 Å². The van der Waals surface area contributed by atoms with Crippen LogP contribution in [0.3, 0.4) is 0 Å². The first-order valence-electron chi connectivity index (χ1n) is 8.26. The van der Waals surface area contributed by atoms with E-state index < -0.39 is 11.1 Å². The van der Waals surface area contributed by atoms with E-state index in [-0.39, 0.29) is 22.1 Å². The Morgan fingerprint density at radius 1 is 0.778 bits per heavy atom. The van der Waals surface area contributed by atoms with Gasteiger partial charge in [-0.05, 0) is 24.3 Å². The minimum Gasteiger partial charge on any atom is -0.508 e. The standard InChI is InChI=1S/C20H10N2O5/c23-8-5-6-9-10(7-8)21-16-13(9)14-15(20(25)22-19(14)24)17-18(16)27-12-4-2-1-3-11(12)26-17/h1-7,21,23H,(H,22,24,25). The lowest BCUT2D eigenvalue weighted by atomic mass is 10.1. The maximum Gasteiger partial charge on any atom is 0.262 e. The summed E-state index contributed by atoms with van der Waals surface area (Å²) in [6.45, 7) is 0. The van der Waals surface area contributed by atoms with Gasteiger partial charge in [0.25, 0.3) is 11.1 Å².